The maximum absolute atomic E-state index is 13.2. The van der Waals surface area contributed by atoms with E-state index in [2.05, 4.69) is 41.4 Å². The first kappa shape index (κ1) is 22.8. The van der Waals surface area contributed by atoms with Crippen LogP contribution in [0.15, 0.2) is 69.5 Å². The lowest BCUT2D eigenvalue weighted by Gasteiger charge is -2.37. The molecule has 34 heavy (non-hydrogen) atoms. The molecular weight excluding hydrogens is 483 g/mol. The normalized spacial score (nSPS) is 18.3. The summed E-state index contributed by atoms with van der Waals surface area (Å²) in [6, 6.07) is 16.6. The number of thiophene rings is 1. The zero-order chi connectivity index (χ0) is 23.7. The summed E-state index contributed by atoms with van der Waals surface area (Å²) in [7, 11) is 0. The molecule has 2 N–H and O–H groups in total. The van der Waals surface area contributed by atoms with Crippen molar-refractivity contribution in [3.63, 3.8) is 0 Å². The van der Waals surface area contributed by atoms with Gasteiger partial charge >= 0.3 is 0 Å². The molecule has 3 heterocycles. The Kier molecular flexibility index (Phi) is 6.55. The fourth-order valence-corrected chi connectivity index (χ4v) is 7.31. The van der Waals surface area contributed by atoms with Crippen LogP contribution in [0.2, 0.25) is 0 Å². The second kappa shape index (κ2) is 9.74. The number of nitriles is 1. The minimum atomic E-state index is -0.408. The predicted octanol–water partition coefficient (Wildman–Crippen LogP) is 5.76. The Morgan fingerprint density at radius 1 is 1.18 bits per heavy atom. The second-order valence-corrected chi connectivity index (χ2v) is 11.5. The molecule has 9 heteroatoms. The van der Waals surface area contributed by atoms with E-state index in [1.165, 1.54) is 21.8 Å². The summed E-state index contributed by atoms with van der Waals surface area (Å²) in [5, 5.41) is 19.5. The standard InChI is InChI=1S/C25H23N5OS3/c1-2-16-11-12-20(33-16)21-17(13-26)23(27)30(18-9-6-10-19(31)22(18)21)24-28-29-25(34-24)32-14-15-7-4-3-5-8-15/h3-5,7-8,11-12,21H,2,6,9-10,14,27H2,1H3. The number of nitrogens with two attached hydrogens (primary N) is 1. The maximum atomic E-state index is 13.2. The topological polar surface area (TPSA) is 95.9 Å². The molecule has 0 radical (unpaired) electrons. The molecule has 0 spiro atoms. The van der Waals surface area contributed by atoms with E-state index in [0.717, 1.165) is 39.9 Å². The molecule has 2 aliphatic rings. The van der Waals surface area contributed by atoms with Crippen molar-refractivity contribution in [2.75, 3.05) is 4.90 Å². The summed E-state index contributed by atoms with van der Waals surface area (Å²) >= 11 is 4.70. The highest BCUT2D eigenvalue weighted by atomic mass is 32.2. The van der Waals surface area contributed by atoms with Crippen LogP contribution in [-0.2, 0) is 17.0 Å². The van der Waals surface area contributed by atoms with E-state index >= 15 is 0 Å². The molecule has 0 fully saturated rings. The summed E-state index contributed by atoms with van der Waals surface area (Å²) in [6.45, 7) is 2.10. The Balaban J connectivity index is 1.53. The van der Waals surface area contributed by atoms with E-state index in [4.69, 9.17) is 5.73 Å². The third-order valence-corrected chi connectivity index (χ3v) is 9.43. The number of nitrogens with zero attached hydrogens (tertiary/aromatic N) is 4. The predicted molar refractivity (Wildman–Crippen MR) is 138 cm³/mol. The highest BCUT2D eigenvalue weighted by Crippen LogP contribution is 2.48. The van der Waals surface area contributed by atoms with Crippen LogP contribution in [0, 0.1) is 11.3 Å². The van der Waals surface area contributed by atoms with Crippen LogP contribution in [-0.4, -0.2) is 16.0 Å². The Labute approximate surface area is 210 Å². The zero-order valence-electron chi connectivity index (χ0n) is 18.7. The minimum absolute atomic E-state index is 0.0890. The number of ketones is 1. The molecule has 5 rings (SSSR count). The molecule has 1 unspecified atom stereocenters. The fraction of sp³-hybridized carbons (Fsp3) is 0.280. The molecule has 0 saturated heterocycles. The Morgan fingerprint density at radius 3 is 2.74 bits per heavy atom. The average molecular weight is 506 g/mol. The molecule has 3 aromatic rings. The summed E-state index contributed by atoms with van der Waals surface area (Å²) in [5.74, 6) is 0.820. The number of allylic oxidation sites excluding steroid dienone is 3. The van der Waals surface area contributed by atoms with Crippen molar-refractivity contribution >= 4 is 45.4 Å². The second-order valence-electron chi connectivity index (χ2n) is 8.10. The molecule has 0 amide bonds. The van der Waals surface area contributed by atoms with Crippen LogP contribution in [0.25, 0.3) is 0 Å². The van der Waals surface area contributed by atoms with Gasteiger partial charge in [-0.25, -0.2) is 0 Å². The van der Waals surface area contributed by atoms with Gasteiger partial charge in [0.15, 0.2) is 10.1 Å². The first-order valence-electron chi connectivity index (χ1n) is 11.2. The zero-order valence-corrected chi connectivity index (χ0v) is 21.1. The van der Waals surface area contributed by atoms with Crippen molar-refractivity contribution < 1.29 is 4.79 Å². The number of carbonyl (C=O) groups is 1. The van der Waals surface area contributed by atoms with Crippen LogP contribution in [0.1, 0.15) is 47.4 Å². The first-order valence-corrected chi connectivity index (χ1v) is 13.8. The van der Waals surface area contributed by atoms with E-state index in [1.54, 1.807) is 28.0 Å². The van der Waals surface area contributed by atoms with Gasteiger partial charge in [0.2, 0.25) is 5.13 Å². The minimum Gasteiger partial charge on any atom is -0.384 e. The molecule has 1 aliphatic heterocycles. The largest absolute Gasteiger partial charge is 0.384 e. The van der Waals surface area contributed by atoms with Crippen molar-refractivity contribution in [1.82, 2.24) is 10.2 Å². The smallest absolute Gasteiger partial charge is 0.219 e. The van der Waals surface area contributed by atoms with Gasteiger partial charge < -0.3 is 5.73 Å². The molecular formula is C25H23N5OS3. The Bertz CT molecular complexity index is 1330. The quantitative estimate of drug-likeness (QED) is 0.426. The summed E-state index contributed by atoms with van der Waals surface area (Å²) in [6.07, 6.45) is 2.88. The van der Waals surface area contributed by atoms with Crippen LogP contribution in [0.4, 0.5) is 5.13 Å². The lowest BCUT2D eigenvalue weighted by molar-refractivity contribution is -0.116. The van der Waals surface area contributed by atoms with Gasteiger partial charge in [0.1, 0.15) is 5.82 Å². The van der Waals surface area contributed by atoms with E-state index in [0.29, 0.717) is 28.5 Å². The van der Waals surface area contributed by atoms with Gasteiger partial charge in [0.25, 0.3) is 0 Å². The number of hydrogen-bond donors (Lipinski definition) is 1. The molecule has 6 nitrogen and oxygen atoms in total. The van der Waals surface area contributed by atoms with Crippen LogP contribution in [0.3, 0.4) is 0 Å². The van der Waals surface area contributed by atoms with Gasteiger partial charge in [0.05, 0.1) is 17.6 Å². The molecule has 0 bridgehead atoms. The number of carbonyl (C=O) groups excluding carboxylic acids is 1. The lowest BCUT2D eigenvalue weighted by atomic mass is 9.78. The number of anilines is 1. The lowest BCUT2D eigenvalue weighted by Crippen LogP contribution is -2.38. The SMILES string of the molecule is CCc1ccc(C2C(C#N)=C(N)N(c3nnc(SCc4ccccc4)s3)C3=C2C(=O)CCC3)s1. The summed E-state index contributed by atoms with van der Waals surface area (Å²) in [5.41, 5.74) is 9.80. The highest BCUT2D eigenvalue weighted by Gasteiger charge is 2.41. The van der Waals surface area contributed by atoms with Crippen LogP contribution >= 0.6 is 34.4 Å². The Hall–Kier alpha value is -2.93. The van der Waals surface area contributed by atoms with E-state index in [9.17, 15) is 10.1 Å². The molecule has 2 aromatic heterocycles. The van der Waals surface area contributed by atoms with E-state index in [1.807, 2.05) is 24.3 Å². The fourth-order valence-electron chi connectivity index (χ4n) is 4.40. The van der Waals surface area contributed by atoms with Crippen molar-refractivity contribution in [2.24, 2.45) is 5.73 Å². The van der Waals surface area contributed by atoms with Gasteiger partial charge in [0, 0.05) is 33.2 Å². The van der Waals surface area contributed by atoms with Crippen molar-refractivity contribution in [3.05, 3.63) is 80.4 Å². The number of aryl methyl sites for hydroxylation is 1. The van der Waals surface area contributed by atoms with Crippen molar-refractivity contribution in [1.29, 1.82) is 5.26 Å². The summed E-state index contributed by atoms with van der Waals surface area (Å²) < 4.78 is 0.822. The van der Waals surface area contributed by atoms with Crippen LogP contribution in [0.5, 0.6) is 0 Å². The third kappa shape index (κ3) is 4.17. The number of thioether (sulfide) groups is 1. The number of rotatable bonds is 6. The monoisotopic (exact) mass is 505 g/mol. The number of aromatic nitrogens is 2. The van der Waals surface area contributed by atoms with Gasteiger partial charge in [-0.2, -0.15) is 5.26 Å². The Morgan fingerprint density at radius 2 is 2.00 bits per heavy atom. The van der Waals surface area contributed by atoms with Crippen LogP contribution < -0.4 is 10.6 Å². The number of benzene rings is 1. The first-order chi connectivity index (χ1) is 16.6. The molecule has 1 atom stereocenters. The molecule has 1 aliphatic carbocycles. The van der Waals surface area contributed by atoms with Gasteiger partial charge in [-0.1, -0.05) is 60.4 Å². The van der Waals surface area contributed by atoms with Crippen molar-refractivity contribution in [3.8, 4) is 6.07 Å². The van der Waals surface area contributed by atoms with Gasteiger partial charge in [-0.05, 0) is 37.0 Å². The highest BCUT2D eigenvalue weighted by molar-refractivity contribution is 8.00. The van der Waals surface area contributed by atoms with Gasteiger partial charge in [-0.3, -0.25) is 9.69 Å². The molecule has 172 valence electrons. The molecule has 1 aromatic carbocycles. The third-order valence-electron chi connectivity index (χ3n) is 6.02. The molecule has 0 saturated carbocycles. The summed E-state index contributed by atoms with van der Waals surface area (Å²) in [4.78, 5) is 17.2. The van der Waals surface area contributed by atoms with E-state index < -0.39 is 5.92 Å². The van der Waals surface area contributed by atoms with Gasteiger partial charge in [-0.15, -0.1) is 21.5 Å². The number of hydrogen-bond acceptors (Lipinski definition) is 9. The van der Waals surface area contributed by atoms with Crippen molar-refractivity contribution in [2.45, 2.75) is 48.6 Å². The number of Topliss-reactive ketones (excluding diaryl/α,β-unsaturated/α-hetero) is 1. The maximum Gasteiger partial charge on any atom is 0.219 e. The van der Waals surface area contributed by atoms with E-state index in [-0.39, 0.29) is 5.78 Å². The average Bonchev–Trinajstić information content (AvgIpc) is 3.52.